The number of halogens is 1. The smallest absolute Gasteiger partial charge is 0.152 e. The number of aromatic nitrogens is 2. The summed E-state index contributed by atoms with van der Waals surface area (Å²) in [6.07, 6.45) is 3.64. The van der Waals surface area contributed by atoms with Gasteiger partial charge in [-0.15, -0.1) is 0 Å². The van der Waals surface area contributed by atoms with Crippen LogP contribution >= 0.6 is 11.6 Å². The molecule has 2 aromatic heterocycles. The maximum Gasteiger partial charge on any atom is 0.152 e. The number of H-pyrrole nitrogens is 1. The summed E-state index contributed by atoms with van der Waals surface area (Å²) in [4.78, 5) is 7.05. The minimum absolute atomic E-state index is 0.538. The minimum atomic E-state index is 0.538. The first kappa shape index (κ1) is 6.74. The van der Waals surface area contributed by atoms with Crippen molar-refractivity contribution in [3.8, 4) is 0 Å². The third kappa shape index (κ3) is 0.924. The molecule has 0 fully saturated rings. The Morgan fingerprint density at radius 2 is 2.36 bits per heavy atom. The van der Waals surface area contributed by atoms with Crippen molar-refractivity contribution in [2.45, 2.75) is 0 Å². The lowest BCUT2D eigenvalue weighted by molar-refractivity contribution is 1.35. The van der Waals surface area contributed by atoms with Crippen LogP contribution in [0.2, 0.25) is 5.15 Å². The zero-order chi connectivity index (χ0) is 7.84. The molecule has 2 aromatic rings. The summed E-state index contributed by atoms with van der Waals surface area (Å²) in [7, 11) is 2.01. The number of nitrogens with zero attached hydrogens (tertiary/aromatic N) is 1. The summed E-state index contributed by atoms with van der Waals surface area (Å²) in [6.45, 7) is 0. The molecule has 0 aliphatic rings. The van der Waals surface area contributed by atoms with Gasteiger partial charge in [-0.2, -0.15) is 0 Å². The fraction of sp³-hybridized carbons (Fsp3) is 0. The largest absolute Gasteiger partial charge is 0.359 e. The molecule has 0 radical (unpaired) electrons. The van der Waals surface area contributed by atoms with E-state index < -0.39 is 0 Å². The fourth-order valence-electron chi connectivity index (χ4n) is 1.16. The third-order valence-electron chi connectivity index (χ3n) is 1.75. The standard InChI is InChI=1S/C7H6BClN2/c8-5-3-11-7(9)6-4(5)1-2-10-6/h1-3,10H,8H2. The van der Waals surface area contributed by atoms with Crippen LogP contribution in [0.4, 0.5) is 0 Å². The molecule has 0 aliphatic heterocycles. The molecular formula is C7H6BClN2. The summed E-state index contributed by atoms with van der Waals surface area (Å²) in [5, 5.41) is 1.68. The molecule has 2 nitrogen and oxygen atoms in total. The van der Waals surface area contributed by atoms with Crippen LogP contribution in [-0.4, -0.2) is 17.8 Å². The molecule has 11 heavy (non-hydrogen) atoms. The van der Waals surface area contributed by atoms with E-state index in [2.05, 4.69) is 9.97 Å². The Labute approximate surface area is 70.0 Å². The Bertz CT molecular complexity index is 360. The molecular weight excluding hydrogens is 158 g/mol. The molecule has 0 atom stereocenters. The highest BCUT2D eigenvalue weighted by atomic mass is 35.5. The van der Waals surface area contributed by atoms with E-state index in [1.54, 1.807) is 6.20 Å². The van der Waals surface area contributed by atoms with E-state index in [9.17, 15) is 0 Å². The number of nitrogens with one attached hydrogen (secondary N) is 1. The average Bonchev–Trinajstić information content (AvgIpc) is 2.45. The summed E-state index contributed by atoms with van der Waals surface area (Å²) < 4.78 is 0. The van der Waals surface area contributed by atoms with E-state index in [1.165, 1.54) is 0 Å². The van der Waals surface area contributed by atoms with Crippen LogP contribution in [0.1, 0.15) is 0 Å². The Balaban J connectivity index is 2.96. The van der Waals surface area contributed by atoms with Gasteiger partial charge in [0.15, 0.2) is 5.15 Å². The molecule has 0 saturated carbocycles. The van der Waals surface area contributed by atoms with Crippen molar-refractivity contribution in [1.29, 1.82) is 0 Å². The fourth-order valence-corrected chi connectivity index (χ4v) is 1.36. The highest BCUT2D eigenvalue weighted by Gasteiger charge is 2.01. The van der Waals surface area contributed by atoms with Crippen molar-refractivity contribution >= 4 is 35.8 Å². The van der Waals surface area contributed by atoms with Crippen LogP contribution < -0.4 is 5.46 Å². The number of rotatable bonds is 0. The van der Waals surface area contributed by atoms with Gasteiger partial charge in [0, 0.05) is 12.4 Å². The van der Waals surface area contributed by atoms with E-state index in [0.717, 1.165) is 16.4 Å². The van der Waals surface area contributed by atoms with Gasteiger partial charge in [-0.25, -0.2) is 4.98 Å². The van der Waals surface area contributed by atoms with Crippen molar-refractivity contribution in [2.24, 2.45) is 0 Å². The zero-order valence-electron chi connectivity index (χ0n) is 6.06. The zero-order valence-corrected chi connectivity index (χ0v) is 6.81. The van der Waals surface area contributed by atoms with Gasteiger partial charge in [0.25, 0.3) is 0 Å². The number of fused-ring (bicyclic) bond motifs is 1. The van der Waals surface area contributed by atoms with Crippen LogP contribution in [0.3, 0.4) is 0 Å². The van der Waals surface area contributed by atoms with Crippen LogP contribution in [-0.2, 0) is 0 Å². The SMILES string of the molecule is Bc1cnc(Cl)c2[nH]ccc12. The highest BCUT2D eigenvalue weighted by Crippen LogP contribution is 2.16. The van der Waals surface area contributed by atoms with E-state index in [1.807, 2.05) is 20.1 Å². The first-order valence-corrected chi connectivity index (χ1v) is 3.75. The molecule has 2 rings (SSSR count). The number of hydrogen-bond acceptors (Lipinski definition) is 1. The topological polar surface area (TPSA) is 28.7 Å². The third-order valence-corrected chi connectivity index (χ3v) is 2.04. The summed E-state index contributed by atoms with van der Waals surface area (Å²) in [5.74, 6) is 0. The van der Waals surface area contributed by atoms with Gasteiger partial charge >= 0.3 is 0 Å². The lowest BCUT2D eigenvalue weighted by atomic mass is 9.95. The normalized spacial score (nSPS) is 10.6. The van der Waals surface area contributed by atoms with Gasteiger partial charge < -0.3 is 4.98 Å². The van der Waals surface area contributed by atoms with E-state index >= 15 is 0 Å². The molecule has 0 saturated heterocycles. The van der Waals surface area contributed by atoms with Gasteiger partial charge in [0.1, 0.15) is 7.85 Å². The van der Waals surface area contributed by atoms with E-state index in [0.29, 0.717) is 5.15 Å². The second kappa shape index (κ2) is 2.27. The van der Waals surface area contributed by atoms with Crippen molar-refractivity contribution < 1.29 is 0 Å². The highest BCUT2D eigenvalue weighted by molar-refractivity contribution is 6.41. The molecule has 0 bridgehead atoms. The Morgan fingerprint density at radius 1 is 1.55 bits per heavy atom. The summed E-state index contributed by atoms with van der Waals surface area (Å²) in [6, 6.07) is 2.00. The number of aromatic amines is 1. The second-order valence-electron chi connectivity index (χ2n) is 2.50. The molecule has 0 amide bonds. The Hall–Kier alpha value is -0.955. The summed E-state index contributed by atoms with van der Waals surface area (Å²) >= 11 is 5.83. The number of hydrogen-bond donors (Lipinski definition) is 1. The van der Waals surface area contributed by atoms with E-state index in [4.69, 9.17) is 11.6 Å². The first-order valence-electron chi connectivity index (χ1n) is 3.37. The van der Waals surface area contributed by atoms with Crippen LogP contribution in [0.15, 0.2) is 18.5 Å². The maximum absolute atomic E-state index is 5.83. The van der Waals surface area contributed by atoms with Gasteiger partial charge in [-0.1, -0.05) is 17.1 Å². The predicted octanol–water partition coefficient (Wildman–Crippen LogP) is 0.475. The van der Waals surface area contributed by atoms with Gasteiger partial charge in [0.2, 0.25) is 0 Å². The molecule has 2 heterocycles. The van der Waals surface area contributed by atoms with Gasteiger partial charge in [-0.3, -0.25) is 0 Å². The lowest BCUT2D eigenvalue weighted by Crippen LogP contribution is -2.03. The monoisotopic (exact) mass is 164 g/mol. The van der Waals surface area contributed by atoms with Gasteiger partial charge in [-0.05, 0) is 11.5 Å². The average molecular weight is 164 g/mol. The molecule has 0 unspecified atom stereocenters. The van der Waals surface area contributed by atoms with Crippen LogP contribution in [0, 0.1) is 0 Å². The van der Waals surface area contributed by atoms with Gasteiger partial charge in [0.05, 0.1) is 5.52 Å². The predicted molar refractivity (Wildman–Crippen MR) is 49.3 cm³/mol. The Morgan fingerprint density at radius 3 is 3.09 bits per heavy atom. The first-order chi connectivity index (χ1) is 5.29. The second-order valence-corrected chi connectivity index (χ2v) is 2.86. The quantitative estimate of drug-likeness (QED) is 0.445. The van der Waals surface area contributed by atoms with Crippen molar-refractivity contribution in [2.75, 3.05) is 0 Å². The maximum atomic E-state index is 5.83. The minimum Gasteiger partial charge on any atom is -0.359 e. The van der Waals surface area contributed by atoms with E-state index in [-0.39, 0.29) is 0 Å². The molecule has 54 valence electrons. The molecule has 0 spiro atoms. The number of pyridine rings is 1. The molecule has 0 aliphatic carbocycles. The molecule has 0 aromatic carbocycles. The van der Waals surface area contributed by atoms with Crippen LogP contribution in [0.5, 0.6) is 0 Å². The summed E-state index contributed by atoms with van der Waals surface area (Å²) in [5.41, 5.74) is 2.07. The van der Waals surface area contributed by atoms with Crippen LogP contribution in [0.25, 0.3) is 10.9 Å². The lowest BCUT2D eigenvalue weighted by Gasteiger charge is -1.95. The van der Waals surface area contributed by atoms with Crippen molar-refractivity contribution in [3.05, 3.63) is 23.6 Å². The molecule has 1 N–H and O–H groups in total. The molecule has 4 heteroatoms. The van der Waals surface area contributed by atoms with Crippen molar-refractivity contribution in [1.82, 2.24) is 9.97 Å². The van der Waals surface area contributed by atoms with Crippen molar-refractivity contribution in [3.63, 3.8) is 0 Å². The Kier molecular flexibility index (Phi) is 1.39.